The smallest absolute Gasteiger partial charge is 0.315 e. The Morgan fingerprint density at radius 2 is 1.00 bits per heavy atom. The Bertz CT molecular complexity index is 1240. The molecule has 0 N–H and O–H groups in total. The molecule has 10 nitrogen and oxygen atoms in total. The molecule has 0 bridgehead atoms. The lowest BCUT2D eigenvalue weighted by Gasteiger charge is -2.24. The molecule has 2 aromatic carbocycles. The molecule has 0 fully saturated rings. The number of rotatable bonds is 6. The number of hydrogen-bond acceptors (Lipinski definition) is 8. The first-order valence-corrected chi connectivity index (χ1v) is 11.3. The van der Waals surface area contributed by atoms with E-state index in [2.05, 4.69) is 0 Å². The number of Topliss-reactive ketones (excluding diaryl/α,β-unsaturated/α-hetero) is 2. The summed E-state index contributed by atoms with van der Waals surface area (Å²) in [4.78, 5) is 79.7. The van der Waals surface area contributed by atoms with E-state index in [1.165, 1.54) is 24.3 Å². The Hall–Kier alpha value is -4.60. The van der Waals surface area contributed by atoms with Crippen molar-refractivity contribution in [3.8, 4) is 0 Å². The average Bonchev–Trinajstić information content (AvgIpc) is 3.30. The van der Waals surface area contributed by atoms with E-state index in [0.29, 0.717) is 0 Å². The highest BCUT2D eigenvalue weighted by molar-refractivity contribution is 6.34. The minimum absolute atomic E-state index is 0.0551. The van der Waals surface area contributed by atoms with E-state index in [9.17, 15) is 28.8 Å². The predicted molar refractivity (Wildman–Crippen MR) is 126 cm³/mol. The zero-order chi connectivity index (χ0) is 26.0. The Morgan fingerprint density at radius 1 is 0.639 bits per heavy atom. The number of carbonyl (C=O) groups is 6. The third-order valence-corrected chi connectivity index (χ3v) is 5.58. The summed E-state index contributed by atoms with van der Waals surface area (Å²) in [5.74, 6) is -4.58. The second-order valence-electron chi connectivity index (χ2n) is 7.81. The molecule has 2 aliphatic heterocycles. The lowest BCUT2D eigenvalue weighted by molar-refractivity contribution is -0.147. The van der Waals surface area contributed by atoms with Gasteiger partial charge in [-0.1, -0.05) is 24.3 Å². The van der Waals surface area contributed by atoms with E-state index in [1.54, 1.807) is 38.1 Å². The molecule has 2 aromatic rings. The molecular formula is C26H22N2O8. The topological polar surface area (TPSA) is 127 Å². The number of benzene rings is 2. The molecule has 4 rings (SSSR count). The summed E-state index contributed by atoms with van der Waals surface area (Å²) in [5.41, 5.74) is -0.160. The van der Waals surface area contributed by atoms with Crippen molar-refractivity contribution >= 4 is 46.7 Å². The van der Waals surface area contributed by atoms with Crippen LogP contribution in [0, 0.1) is 0 Å². The van der Waals surface area contributed by atoms with Crippen LogP contribution in [-0.2, 0) is 28.7 Å². The number of para-hydroxylation sites is 2. The zero-order valence-electron chi connectivity index (χ0n) is 19.6. The van der Waals surface area contributed by atoms with Crippen LogP contribution in [0.15, 0.2) is 59.9 Å². The number of ether oxygens (including phenoxy) is 2. The maximum atomic E-state index is 13.5. The molecule has 0 spiro atoms. The van der Waals surface area contributed by atoms with Gasteiger partial charge in [0.1, 0.15) is 24.2 Å². The highest BCUT2D eigenvalue weighted by Gasteiger charge is 2.46. The SMILES string of the molecule is CCOC(=O)CC(=O)N1/C(=C2\C(=O)c3ccccc3N2C(=O)CC(=O)OCC)C(=O)c2ccccc21. The first kappa shape index (κ1) is 24.5. The zero-order valence-corrected chi connectivity index (χ0v) is 19.6. The number of anilines is 2. The van der Waals surface area contributed by atoms with Crippen molar-refractivity contribution in [2.24, 2.45) is 0 Å². The highest BCUT2D eigenvalue weighted by Crippen LogP contribution is 2.43. The Morgan fingerprint density at radius 3 is 1.36 bits per heavy atom. The van der Waals surface area contributed by atoms with Crippen LogP contribution in [-0.4, -0.2) is 48.5 Å². The number of amides is 2. The first-order valence-electron chi connectivity index (χ1n) is 11.3. The van der Waals surface area contributed by atoms with Crippen molar-refractivity contribution in [1.82, 2.24) is 0 Å². The van der Waals surface area contributed by atoms with Crippen molar-refractivity contribution in [3.05, 3.63) is 71.1 Å². The maximum absolute atomic E-state index is 13.5. The van der Waals surface area contributed by atoms with Crippen LogP contribution in [0.1, 0.15) is 47.4 Å². The van der Waals surface area contributed by atoms with Gasteiger partial charge in [0.25, 0.3) is 0 Å². The summed E-state index contributed by atoms with van der Waals surface area (Å²) in [6.45, 7) is 3.29. The second kappa shape index (κ2) is 9.95. The van der Waals surface area contributed by atoms with E-state index >= 15 is 0 Å². The van der Waals surface area contributed by atoms with Crippen molar-refractivity contribution < 1.29 is 38.2 Å². The summed E-state index contributed by atoms with van der Waals surface area (Å²) in [5, 5.41) is 0. The van der Waals surface area contributed by atoms with Crippen LogP contribution in [0.4, 0.5) is 11.4 Å². The first-order chi connectivity index (χ1) is 17.3. The fourth-order valence-corrected chi connectivity index (χ4v) is 4.19. The second-order valence-corrected chi connectivity index (χ2v) is 7.81. The minimum Gasteiger partial charge on any atom is -0.466 e. The maximum Gasteiger partial charge on any atom is 0.315 e. The molecule has 36 heavy (non-hydrogen) atoms. The third-order valence-electron chi connectivity index (χ3n) is 5.58. The largest absolute Gasteiger partial charge is 0.466 e. The number of allylic oxidation sites excluding steroid dienone is 2. The summed E-state index contributed by atoms with van der Waals surface area (Å²) >= 11 is 0. The van der Waals surface area contributed by atoms with Gasteiger partial charge >= 0.3 is 11.9 Å². The quantitative estimate of drug-likeness (QED) is 0.343. The number of nitrogens with zero attached hydrogens (tertiary/aromatic N) is 2. The van der Waals surface area contributed by atoms with Gasteiger partial charge in [-0.2, -0.15) is 0 Å². The molecule has 0 atom stereocenters. The molecular weight excluding hydrogens is 468 g/mol. The molecule has 2 heterocycles. The summed E-state index contributed by atoms with van der Waals surface area (Å²) in [6, 6.07) is 12.3. The van der Waals surface area contributed by atoms with Crippen molar-refractivity contribution in [3.63, 3.8) is 0 Å². The molecule has 184 valence electrons. The van der Waals surface area contributed by atoms with Crippen LogP contribution >= 0.6 is 0 Å². The van der Waals surface area contributed by atoms with E-state index in [-0.39, 0.29) is 47.1 Å². The Balaban J connectivity index is 1.90. The van der Waals surface area contributed by atoms with Gasteiger partial charge in [0.05, 0.1) is 24.6 Å². The number of fused-ring (bicyclic) bond motifs is 2. The van der Waals surface area contributed by atoms with Crippen molar-refractivity contribution in [1.29, 1.82) is 0 Å². The van der Waals surface area contributed by atoms with Crippen LogP contribution in [0.5, 0.6) is 0 Å². The number of carbonyl (C=O) groups excluding carboxylic acids is 6. The summed E-state index contributed by atoms with van der Waals surface area (Å²) < 4.78 is 9.75. The van der Waals surface area contributed by atoms with Crippen LogP contribution in [0.3, 0.4) is 0 Å². The van der Waals surface area contributed by atoms with Crippen molar-refractivity contribution in [2.75, 3.05) is 23.0 Å². The molecule has 0 aliphatic carbocycles. The van der Waals surface area contributed by atoms with Gasteiger partial charge in [0, 0.05) is 11.1 Å². The number of ketones is 2. The van der Waals surface area contributed by atoms with Gasteiger partial charge in [-0.3, -0.25) is 38.6 Å². The van der Waals surface area contributed by atoms with E-state index < -0.39 is 48.2 Å². The van der Waals surface area contributed by atoms with E-state index in [4.69, 9.17) is 9.47 Å². The molecule has 10 heteroatoms. The van der Waals surface area contributed by atoms with E-state index in [0.717, 1.165) is 9.80 Å². The highest BCUT2D eigenvalue weighted by atomic mass is 16.5. The molecule has 0 saturated carbocycles. The molecule has 2 aliphatic rings. The van der Waals surface area contributed by atoms with Crippen LogP contribution in [0.25, 0.3) is 0 Å². The van der Waals surface area contributed by atoms with Crippen molar-refractivity contribution in [2.45, 2.75) is 26.7 Å². The van der Waals surface area contributed by atoms with Crippen LogP contribution in [0.2, 0.25) is 0 Å². The monoisotopic (exact) mass is 490 g/mol. The van der Waals surface area contributed by atoms with Gasteiger partial charge in [-0.05, 0) is 38.1 Å². The van der Waals surface area contributed by atoms with Gasteiger partial charge in [0.2, 0.25) is 23.4 Å². The fourth-order valence-electron chi connectivity index (χ4n) is 4.19. The lowest BCUT2D eigenvalue weighted by atomic mass is 10.1. The number of hydrogen-bond donors (Lipinski definition) is 0. The molecule has 0 aromatic heterocycles. The predicted octanol–water partition coefficient (Wildman–Crippen LogP) is 2.56. The molecule has 0 saturated heterocycles. The Kier molecular flexibility index (Phi) is 6.77. The van der Waals surface area contributed by atoms with E-state index in [1.807, 2.05) is 0 Å². The molecule has 0 unspecified atom stereocenters. The lowest BCUT2D eigenvalue weighted by Crippen LogP contribution is -2.38. The van der Waals surface area contributed by atoms with Crippen LogP contribution < -0.4 is 9.80 Å². The molecule has 0 radical (unpaired) electrons. The average molecular weight is 490 g/mol. The summed E-state index contributed by atoms with van der Waals surface area (Å²) in [6.07, 6.45) is -1.38. The van der Waals surface area contributed by atoms with Gasteiger partial charge in [0.15, 0.2) is 0 Å². The standard InChI is InChI=1S/C26H22N2O8/c1-3-35-21(31)13-19(29)27-17-11-7-5-9-15(17)25(33)23(27)24-26(34)16-10-6-8-12-18(16)28(24)20(30)14-22(32)36-4-2/h5-12H,3-4,13-14H2,1-2H3/b24-23+. The third kappa shape index (κ3) is 4.17. The van der Waals surface area contributed by atoms with Gasteiger partial charge in [-0.15, -0.1) is 0 Å². The summed E-state index contributed by atoms with van der Waals surface area (Å²) in [7, 11) is 0. The molecule has 2 amide bonds. The van der Waals surface area contributed by atoms with Gasteiger partial charge < -0.3 is 9.47 Å². The number of esters is 2. The minimum atomic E-state index is -0.809. The normalized spacial score (nSPS) is 16.1. The van der Waals surface area contributed by atoms with Gasteiger partial charge in [-0.25, -0.2) is 0 Å². The Labute approximate surface area is 206 Å². The fraction of sp³-hybridized carbons (Fsp3) is 0.231.